The van der Waals surface area contributed by atoms with E-state index in [1.54, 1.807) is 43.3 Å². The van der Waals surface area contributed by atoms with E-state index in [0.717, 1.165) is 48.2 Å². The summed E-state index contributed by atoms with van der Waals surface area (Å²) in [6.45, 7) is 1.21. The standard InChI is InChI=1S/C27H36ClN3O6S/c1-19(27(33)29-22-11-6-5-7-12-22)30(17-20-9-8-10-21(28)15-20)26(32)18-31(38(4,34)35)24-14-13-23(36-2)16-25(24)37-3/h8-10,13-16,19,22H,5-7,11-12,17-18H2,1-4H3,(H,29,33). The number of carbonyl (C=O) groups excluding carboxylic acids is 2. The van der Waals surface area contributed by atoms with Crippen molar-refractivity contribution in [1.29, 1.82) is 0 Å². The van der Waals surface area contributed by atoms with Gasteiger partial charge in [-0.2, -0.15) is 0 Å². The van der Waals surface area contributed by atoms with Crippen molar-refractivity contribution in [3.8, 4) is 11.5 Å². The molecule has 1 saturated carbocycles. The number of nitrogens with zero attached hydrogens (tertiary/aromatic N) is 2. The molecule has 0 heterocycles. The van der Waals surface area contributed by atoms with Crippen LogP contribution in [0.4, 0.5) is 5.69 Å². The van der Waals surface area contributed by atoms with Crippen molar-refractivity contribution in [2.75, 3.05) is 31.3 Å². The first-order valence-corrected chi connectivity index (χ1v) is 14.8. The lowest BCUT2D eigenvalue weighted by Crippen LogP contribution is -2.53. The van der Waals surface area contributed by atoms with Gasteiger partial charge in [0.25, 0.3) is 0 Å². The van der Waals surface area contributed by atoms with Gasteiger partial charge in [-0.1, -0.05) is 43.0 Å². The van der Waals surface area contributed by atoms with Gasteiger partial charge in [-0.25, -0.2) is 8.42 Å². The zero-order chi connectivity index (χ0) is 27.9. The van der Waals surface area contributed by atoms with Gasteiger partial charge in [0, 0.05) is 23.7 Å². The van der Waals surface area contributed by atoms with Crippen LogP contribution in [0.15, 0.2) is 42.5 Å². The molecule has 0 saturated heterocycles. The summed E-state index contributed by atoms with van der Waals surface area (Å²) in [5.41, 5.74) is 0.905. The average Bonchev–Trinajstić information content (AvgIpc) is 2.89. The molecule has 9 nitrogen and oxygen atoms in total. The van der Waals surface area contributed by atoms with Gasteiger partial charge in [-0.05, 0) is 49.6 Å². The van der Waals surface area contributed by atoms with Gasteiger partial charge < -0.3 is 19.7 Å². The van der Waals surface area contributed by atoms with Crippen LogP contribution in [0, 0.1) is 0 Å². The minimum atomic E-state index is -3.90. The molecule has 208 valence electrons. The number of hydrogen-bond donors (Lipinski definition) is 1. The van der Waals surface area contributed by atoms with E-state index < -0.39 is 28.5 Å². The van der Waals surface area contributed by atoms with Crippen molar-refractivity contribution < 1.29 is 27.5 Å². The maximum Gasteiger partial charge on any atom is 0.244 e. The summed E-state index contributed by atoms with van der Waals surface area (Å²) in [5.74, 6) is -0.118. The molecule has 0 aliphatic heterocycles. The first-order chi connectivity index (χ1) is 18.0. The van der Waals surface area contributed by atoms with Gasteiger partial charge in [-0.15, -0.1) is 0 Å². The van der Waals surface area contributed by atoms with E-state index in [0.29, 0.717) is 10.8 Å². The minimum Gasteiger partial charge on any atom is -0.497 e. The summed E-state index contributed by atoms with van der Waals surface area (Å²) in [4.78, 5) is 28.4. The Bertz CT molecular complexity index is 1230. The van der Waals surface area contributed by atoms with Gasteiger partial charge in [0.05, 0.1) is 26.2 Å². The fourth-order valence-electron chi connectivity index (χ4n) is 4.57. The number of halogens is 1. The lowest BCUT2D eigenvalue weighted by atomic mass is 9.95. The number of amides is 2. The predicted molar refractivity (Wildman–Crippen MR) is 148 cm³/mol. The highest BCUT2D eigenvalue weighted by Gasteiger charge is 2.32. The number of hydrogen-bond acceptors (Lipinski definition) is 6. The van der Waals surface area contributed by atoms with Gasteiger partial charge >= 0.3 is 0 Å². The van der Waals surface area contributed by atoms with Crippen molar-refractivity contribution >= 4 is 39.1 Å². The van der Waals surface area contributed by atoms with Crippen molar-refractivity contribution in [3.05, 3.63) is 53.1 Å². The second kappa shape index (κ2) is 13.2. The normalized spacial score (nSPS) is 14.9. The summed E-state index contributed by atoms with van der Waals surface area (Å²) < 4.78 is 37.3. The SMILES string of the molecule is COc1ccc(N(CC(=O)N(Cc2cccc(Cl)c2)C(C)C(=O)NC2CCCCC2)S(C)(=O)=O)c(OC)c1. The van der Waals surface area contributed by atoms with Crippen LogP contribution in [-0.2, 0) is 26.2 Å². The van der Waals surface area contributed by atoms with Crippen LogP contribution in [0.5, 0.6) is 11.5 Å². The quantitative estimate of drug-likeness (QED) is 0.442. The maximum atomic E-state index is 13.8. The molecule has 0 spiro atoms. The molecule has 1 aliphatic carbocycles. The fourth-order valence-corrected chi connectivity index (χ4v) is 5.64. The van der Waals surface area contributed by atoms with E-state index in [-0.39, 0.29) is 29.9 Å². The average molecular weight is 566 g/mol. The highest BCUT2D eigenvalue weighted by molar-refractivity contribution is 7.92. The molecule has 38 heavy (non-hydrogen) atoms. The van der Waals surface area contributed by atoms with Crippen LogP contribution in [0.1, 0.15) is 44.6 Å². The van der Waals surface area contributed by atoms with Crippen LogP contribution in [-0.4, -0.2) is 64.2 Å². The van der Waals surface area contributed by atoms with Crippen molar-refractivity contribution in [1.82, 2.24) is 10.2 Å². The zero-order valence-electron chi connectivity index (χ0n) is 22.3. The van der Waals surface area contributed by atoms with E-state index in [1.165, 1.54) is 25.2 Å². The van der Waals surface area contributed by atoms with Gasteiger partial charge in [0.15, 0.2) is 0 Å². The number of anilines is 1. The highest BCUT2D eigenvalue weighted by atomic mass is 35.5. The van der Waals surface area contributed by atoms with E-state index >= 15 is 0 Å². The first kappa shape index (κ1) is 29.6. The molecular weight excluding hydrogens is 530 g/mol. The summed E-state index contributed by atoms with van der Waals surface area (Å²) in [7, 11) is -1.01. The number of carbonyl (C=O) groups is 2. The Kier molecular flexibility index (Phi) is 10.3. The van der Waals surface area contributed by atoms with Gasteiger partial charge in [-0.3, -0.25) is 13.9 Å². The Morgan fingerprint density at radius 2 is 1.79 bits per heavy atom. The van der Waals surface area contributed by atoms with Crippen LogP contribution in [0.3, 0.4) is 0 Å². The summed E-state index contributed by atoms with van der Waals surface area (Å²) in [6.07, 6.45) is 6.08. The summed E-state index contributed by atoms with van der Waals surface area (Å²) in [5, 5.41) is 3.57. The molecule has 1 aliphatic rings. The first-order valence-electron chi connectivity index (χ1n) is 12.6. The summed E-state index contributed by atoms with van der Waals surface area (Å²) in [6, 6.07) is 10.9. The maximum absolute atomic E-state index is 13.8. The van der Waals surface area contributed by atoms with Gasteiger partial charge in [0.1, 0.15) is 24.1 Å². The van der Waals surface area contributed by atoms with Crippen molar-refractivity contribution in [2.24, 2.45) is 0 Å². The Balaban J connectivity index is 1.92. The predicted octanol–water partition coefficient (Wildman–Crippen LogP) is 3.99. The third kappa shape index (κ3) is 7.77. The van der Waals surface area contributed by atoms with Crippen molar-refractivity contribution in [2.45, 2.75) is 57.7 Å². The molecule has 1 N–H and O–H groups in total. The topological polar surface area (TPSA) is 105 Å². The molecule has 1 atom stereocenters. The monoisotopic (exact) mass is 565 g/mol. The Labute approximate surface area is 230 Å². The van der Waals surface area contributed by atoms with Crippen LogP contribution < -0.4 is 19.1 Å². The minimum absolute atomic E-state index is 0.0675. The number of benzene rings is 2. The molecule has 3 rings (SSSR count). The van der Waals surface area contributed by atoms with E-state index in [2.05, 4.69) is 5.32 Å². The largest absolute Gasteiger partial charge is 0.497 e. The number of nitrogens with one attached hydrogen (secondary N) is 1. The zero-order valence-corrected chi connectivity index (χ0v) is 23.8. The second-order valence-corrected chi connectivity index (χ2v) is 11.8. The Morgan fingerprint density at radius 3 is 2.39 bits per heavy atom. The smallest absolute Gasteiger partial charge is 0.244 e. The highest BCUT2D eigenvalue weighted by Crippen LogP contribution is 2.33. The van der Waals surface area contributed by atoms with Crippen LogP contribution >= 0.6 is 11.6 Å². The van der Waals surface area contributed by atoms with Crippen LogP contribution in [0.2, 0.25) is 5.02 Å². The fraction of sp³-hybridized carbons (Fsp3) is 0.481. The molecule has 2 amide bonds. The van der Waals surface area contributed by atoms with E-state index in [1.807, 2.05) is 0 Å². The lowest BCUT2D eigenvalue weighted by molar-refractivity contribution is -0.139. The second-order valence-electron chi connectivity index (χ2n) is 9.48. The number of methoxy groups -OCH3 is 2. The summed E-state index contributed by atoms with van der Waals surface area (Å²) >= 11 is 6.17. The van der Waals surface area contributed by atoms with Crippen LogP contribution in [0.25, 0.3) is 0 Å². The van der Waals surface area contributed by atoms with E-state index in [4.69, 9.17) is 21.1 Å². The molecule has 11 heteroatoms. The number of sulfonamides is 1. The molecule has 1 unspecified atom stereocenters. The Hall–Kier alpha value is -2.98. The molecule has 1 fully saturated rings. The molecule has 0 bridgehead atoms. The number of ether oxygens (including phenoxy) is 2. The third-order valence-electron chi connectivity index (χ3n) is 6.70. The van der Waals surface area contributed by atoms with Gasteiger partial charge in [0.2, 0.25) is 21.8 Å². The Morgan fingerprint density at radius 1 is 1.08 bits per heavy atom. The molecule has 2 aromatic rings. The van der Waals surface area contributed by atoms with E-state index in [9.17, 15) is 18.0 Å². The number of rotatable bonds is 11. The molecule has 0 radical (unpaired) electrons. The molecule has 2 aromatic carbocycles. The third-order valence-corrected chi connectivity index (χ3v) is 8.06. The molecular formula is C27H36ClN3O6S. The van der Waals surface area contributed by atoms with Crippen molar-refractivity contribution in [3.63, 3.8) is 0 Å². The molecule has 0 aromatic heterocycles. The lowest BCUT2D eigenvalue weighted by Gasteiger charge is -2.33.